The number of nitrogens with zero attached hydrogens (tertiary/aromatic N) is 1. The highest BCUT2D eigenvalue weighted by molar-refractivity contribution is 6.00. The van der Waals surface area contributed by atoms with Crippen molar-refractivity contribution in [3.8, 4) is 0 Å². The fourth-order valence-corrected chi connectivity index (χ4v) is 2.63. The van der Waals surface area contributed by atoms with Gasteiger partial charge in [0.15, 0.2) is 0 Å². The molecule has 1 aromatic heterocycles. The lowest BCUT2D eigenvalue weighted by Gasteiger charge is -2.08. The standard InChI is InChI=1S/C19H16N2O4/c22-18(20-17-4-2-1-3-16(17)19(23)24)8-6-13-5-7-15-12-21(25)10-9-14(15)11-13/h1-5,7,9-12H,6,8H2,(H2-,20,22,23,24,25)/p+1. The molecule has 2 aromatic carbocycles. The minimum atomic E-state index is -1.08. The summed E-state index contributed by atoms with van der Waals surface area (Å²) in [5.41, 5.74) is 1.36. The number of hydrogen-bond donors (Lipinski definition) is 3. The zero-order valence-electron chi connectivity index (χ0n) is 13.3. The van der Waals surface area contributed by atoms with Crippen LogP contribution < -0.4 is 10.0 Å². The molecule has 0 spiro atoms. The Labute approximate surface area is 143 Å². The van der Waals surface area contributed by atoms with E-state index >= 15 is 0 Å². The second kappa shape index (κ2) is 7.00. The molecule has 25 heavy (non-hydrogen) atoms. The summed E-state index contributed by atoms with van der Waals surface area (Å²) in [6.45, 7) is 0. The molecule has 1 heterocycles. The second-order valence-electron chi connectivity index (χ2n) is 5.69. The maximum Gasteiger partial charge on any atom is 0.337 e. The van der Waals surface area contributed by atoms with Crippen molar-refractivity contribution in [2.75, 3.05) is 5.32 Å². The number of para-hydroxylation sites is 1. The van der Waals surface area contributed by atoms with Gasteiger partial charge in [0.05, 0.1) is 16.6 Å². The van der Waals surface area contributed by atoms with Crippen LogP contribution in [0.4, 0.5) is 5.69 Å². The van der Waals surface area contributed by atoms with Gasteiger partial charge in [0.2, 0.25) is 18.3 Å². The molecular formula is C19H17N2O4+. The van der Waals surface area contributed by atoms with Gasteiger partial charge in [-0.05, 0) is 35.6 Å². The molecule has 1 amide bonds. The van der Waals surface area contributed by atoms with Crippen LogP contribution in [0.1, 0.15) is 22.3 Å². The van der Waals surface area contributed by atoms with Gasteiger partial charge in [-0.1, -0.05) is 24.3 Å². The number of carbonyl (C=O) groups excluding carboxylic acids is 1. The van der Waals surface area contributed by atoms with Gasteiger partial charge >= 0.3 is 5.97 Å². The zero-order chi connectivity index (χ0) is 17.8. The first-order chi connectivity index (χ1) is 12.0. The van der Waals surface area contributed by atoms with Crippen molar-refractivity contribution in [2.45, 2.75) is 12.8 Å². The van der Waals surface area contributed by atoms with Crippen LogP contribution in [0.2, 0.25) is 0 Å². The molecule has 3 N–H and O–H groups in total. The van der Waals surface area contributed by atoms with E-state index in [9.17, 15) is 14.8 Å². The summed E-state index contributed by atoms with van der Waals surface area (Å²) in [6, 6.07) is 13.9. The van der Waals surface area contributed by atoms with Gasteiger partial charge in [0.25, 0.3) is 0 Å². The number of fused-ring (bicyclic) bond motifs is 1. The number of amides is 1. The summed E-state index contributed by atoms with van der Waals surface area (Å²) in [7, 11) is 0. The maximum atomic E-state index is 12.1. The topological polar surface area (TPSA) is 90.5 Å². The molecule has 0 bridgehead atoms. The van der Waals surface area contributed by atoms with Crippen LogP contribution in [0.25, 0.3) is 10.8 Å². The summed E-state index contributed by atoms with van der Waals surface area (Å²) in [5, 5.41) is 23.1. The van der Waals surface area contributed by atoms with Gasteiger partial charge < -0.3 is 10.4 Å². The molecule has 0 saturated heterocycles. The van der Waals surface area contributed by atoms with Gasteiger partial charge in [-0.2, -0.15) is 0 Å². The first kappa shape index (κ1) is 16.4. The van der Waals surface area contributed by atoms with Crippen molar-refractivity contribution in [3.63, 3.8) is 0 Å². The summed E-state index contributed by atoms with van der Waals surface area (Å²) < 4.78 is 0.995. The van der Waals surface area contributed by atoms with E-state index in [4.69, 9.17) is 5.11 Å². The van der Waals surface area contributed by atoms with Crippen LogP contribution in [0.3, 0.4) is 0 Å². The Morgan fingerprint density at radius 1 is 1.04 bits per heavy atom. The molecule has 0 aliphatic heterocycles. The SMILES string of the molecule is O=C(CCc1ccc2c[n+](O)ccc2c1)Nc1ccccc1C(=O)O. The van der Waals surface area contributed by atoms with E-state index in [0.717, 1.165) is 21.1 Å². The van der Waals surface area contributed by atoms with Crippen LogP contribution in [-0.2, 0) is 11.2 Å². The fraction of sp³-hybridized carbons (Fsp3) is 0.105. The van der Waals surface area contributed by atoms with E-state index in [1.807, 2.05) is 18.2 Å². The monoisotopic (exact) mass is 337 g/mol. The average molecular weight is 337 g/mol. The summed E-state index contributed by atoms with van der Waals surface area (Å²) >= 11 is 0. The molecule has 126 valence electrons. The lowest BCUT2D eigenvalue weighted by Crippen LogP contribution is -2.27. The average Bonchev–Trinajstić information content (AvgIpc) is 2.60. The predicted molar refractivity (Wildman–Crippen MR) is 91.7 cm³/mol. The van der Waals surface area contributed by atoms with Gasteiger partial charge in [-0.15, -0.1) is 0 Å². The quantitative estimate of drug-likeness (QED) is 0.493. The number of rotatable bonds is 5. The molecular weight excluding hydrogens is 320 g/mol. The van der Waals surface area contributed by atoms with Crippen LogP contribution in [0.5, 0.6) is 0 Å². The minimum absolute atomic E-state index is 0.0684. The fourth-order valence-electron chi connectivity index (χ4n) is 2.63. The molecule has 0 aliphatic carbocycles. The van der Waals surface area contributed by atoms with E-state index in [0.29, 0.717) is 12.1 Å². The minimum Gasteiger partial charge on any atom is -0.478 e. The largest absolute Gasteiger partial charge is 0.478 e. The summed E-state index contributed by atoms with van der Waals surface area (Å²) in [5.74, 6) is -1.32. The van der Waals surface area contributed by atoms with Gasteiger partial charge in [-0.25, -0.2) is 4.79 Å². The number of anilines is 1. The highest BCUT2D eigenvalue weighted by Gasteiger charge is 2.12. The van der Waals surface area contributed by atoms with Crippen molar-refractivity contribution in [3.05, 3.63) is 72.1 Å². The lowest BCUT2D eigenvalue weighted by molar-refractivity contribution is -0.903. The Kier molecular flexibility index (Phi) is 4.61. The Morgan fingerprint density at radius 3 is 2.64 bits per heavy atom. The number of carboxylic acids is 1. The van der Waals surface area contributed by atoms with Crippen LogP contribution in [0.15, 0.2) is 60.9 Å². The van der Waals surface area contributed by atoms with E-state index in [2.05, 4.69) is 5.32 Å². The van der Waals surface area contributed by atoms with Crippen molar-refractivity contribution < 1.29 is 24.6 Å². The van der Waals surface area contributed by atoms with E-state index in [1.54, 1.807) is 36.7 Å². The molecule has 6 nitrogen and oxygen atoms in total. The van der Waals surface area contributed by atoms with Crippen molar-refractivity contribution in [1.29, 1.82) is 0 Å². The highest BCUT2D eigenvalue weighted by Crippen LogP contribution is 2.17. The van der Waals surface area contributed by atoms with Crippen molar-refractivity contribution >= 4 is 28.3 Å². The number of nitrogens with one attached hydrogen (secondary N) is 1. The first-order valence-corrected chi connectivity index (χ1v) is 7.78. The summed E-state index contributed by atoms with van der Waals surface area (Å²) in [6.07, 6.45) is 3.92. The second-order valence-corrected chi connectivity index (χ2v) is 5.69. The van der Waals surface area contributed by atoms with Crippen LogP contribution in [0, 0.1) is 0 Å². The maximum absolute atomic E-state index is 12.1. The van der Waals surface area contributed by atoms with Gasteiger partial charge in [0, 0.05) is 17.2 Å². The molecule has 3 aromatic rings. The lowest BCUT2D eigenvalue weighted by atomic mass is 10.0. The Bertz CT molecular complexity index is 953. The summed E-state index contributed by atoms with van der Waals surface area (Å²) in [4.78, 5) is 23.3. The van der Waals surface area contributed by atoms with Crippen LogP contribution in [-0.4, -0.2) is 22.2 Å². The Hall–Kier alpha value is -3.41. The Balaban J connectivity index is 1.66. The van der Waals surface area contributed by atoms with Crippen molar-refractivity contribution in [2.24, 2.45) is 0 Å². The molecule has 0 fully saturated rings. The predicted octanol–water partition coefficient (Wildman–Crippen LogP) is 2.63. The molecule has 0 atom stereocenters. The number of pyridine rings is 1. The number of carbonyl (C=O) groups is 2. The van der Waals surface area contributed by atoms with E-state index < -0.39 is 5.97 Å². The first-order valence-electron chi connectivity index (χ1n) is 7.78. The molecule has 0 aliphatic rings. The van der Waals surface area contributed by atoms with E-state index in [-0.39, 0.29) is 17.9 Å². The van der Waals surface area contributed by atoms with E-state index in [1.165, 1.54) is 6.07 Å². The third kappa shape index (κ3) is 3.92. The third-order valence-corrected chi connectivity index (χ3v) is 3.90. The smallest absolute Gasteiger partial charge is 0.337 e. The molecule has 3 rings (SSSR count). The number of aryl methyl sites for hydroxylation is 1. The van der Waals surface area contributed by atoms with Gasteiger partial charge in [0.1, 0.15) is 0 Å². The van der Waals surface area contributed by atoms with Crippen molar-refractivity contribution in [1.82, 2.24) is 0 Å². The van der Waals surface area contributed by atoms with Gasteiger partial charge in [-0.3, -0.25) is 10.0 Å². The molecule has 0 saturated carbocycles. The molecule has 0 radical (unpaired) electrons. The number of benzene rings is 2. The number of aromatic carboxylic acids is 1. The zero-order valence-corrected chi connectivity index (χ0v) is 13.3. The number of hydrogen-bond acceptors (Lipinski definition) is 3. The third-order valence-electron chi connectivity index (χ3n) is 3.90. The molecule has 6 heteroatoms. The normalized spacial score (nSPS) is 10.6. The number of carboxylic acid groups (broad SMARTS) is 1. The number of aromatic nitrogens is 1. The molecule has 0 unspecified atom stereocenters. The van der Waals surface area contributed by atoms with Crippen LogP contribution >= 0.6 is 0 Å². The highest BCUT2D eigenvalue weighted by atomic mass is 16.5. The Morgan fingerprint density at radius 2 is 1.84 bits per heavy atom.